The number of rotatable bonds is 6. The minimum atomic E-state index is 0.589. The number of halogens is 1. The van der Waals surface area contributed by atoms with E-state index >= 15 is 0 Å². The molecule has 2 rings (SSSR count). The lowest BCUT2D eigenvalue weighted by Gasteiger charge is -2.23. The van der Waals surface area contributed by atoms with Gasteiger partial charge in [-0.1, -0.05) is 0 Å². The summed E-state index contributed by atoms with van der Waals surface area (Å²) in [5.41, 5.74) is 0. The standard InChI is InChI=1S/C12H15ClN2OS/c1-16-8-7-15(6-4-13)12-10-3-9-17-11(10)2-5-14-12/h2-3,5,9H,4,6-8H2,1H3. The van der Waals surface area contributed by atoms with Crippen LogP contribution in [-0.4, -0.2) is 37.7 Å². The molecule has 2 heterocycles. The van der Waals surface area contributed by atoms with E-state index in [1.165, 1.54) is 10.1 Å². The molecule has 2 aromatic rings. The van der Waals surface area contributed by atoms with Gasteiger partial charge in [-0.2, -0.15) is 0 Å². The molecule has 0 spiro atoms. The molecule has 0 unspecified atom stereocenters. The summed E-state index contributed by atoms with van der Waals surface area (Å²) in [5, 5.41) is 3.28. The second-order valence-electron chi connectivity index (χ2n) is 3.64. The lowest BCUT2D eigenvalue weighted by Crippen LogP contribution is -2.30. The Balaban J connectivity index is 2.30. The van der Waals surface area contributed by atoms with E-state index in [2.05, 4.69) is 21.3 Å². The lowest BCUT2D eigenvalue weighted by molar-refractivity contribution is 0.205. The predicted molar refractivity (Wildman–Crippen MR) is 74.4 cm³/mol. The van der Waals surface area contributed by atoms with Crippen LogP contribution in [0.5, 0.6) is 0 Å². The third-order valence-corrected chi connectivity index (χ3v) is 3.63. The highest BCUT2D eigenvalue weighted by molar-refractivity contribution is 7.17. The topological polar surface area (TPSA) is 25.4 Å². The first-order chi connectivity index (χ1) is 8.36. The fourth-order valence-electron chi connectivity index (χ4n) is 1.76. The number of methoxy groups -OCH3 is 1. The van der Waals surface area contributed by atoms with Gasteiger partial charge in [0, 0.05) is 42.4 Å². The van der Waals surface area contributed by atoms with Crippen LogP contribution in [0.1, 0.15) is 0 Å². The summed E-state index contributed by atoms with van der Waals surface area (Å²) in [6, 6.07) is 4.15. The van der Waals surface area contributed by atoms with Crippen molar-refractivity contribution in [3.63, 3.8) is 0 Å². The van der Waals surface area contributed by atoms with Crippen LogP contribution in [0.2, 0.25) is 0 Å². The quantitative estimate of drug-likeness (QED) is 0.755. The molecule has 0 fully saturated rings. The third-order valence-electron chi connectivity index (χ3n) is 2.58. The zero-order chi connectivity index (χ0) is 12.1. The van der Waals surface area contributed by atoms with Gasteiger partial charge in [0.2, 0.25) is 0 Å². The first kappa shape index (κ1) is 12.6. The van der Waals surface area contributed by atoms with E-state index in [-0.39, 0.29) is 0 Å². The van der Waals surface area contributed by atoms with Crippen LogP contribution in [-0.2, 0) is 4.74 Å². The van der Waals surface area contributed by atoms with Gasteiger partial charge >= 0.3 is 0 Å². The monoisotopic (exact) mass is 270 g/mol. The molecular weight excluding hydrogens is 256 g/mol. The normalized spacial score (nSPS) is 10.9. The highest BCUT2D eigenvalue weighted by Gasteiger charge is 2.11. The van der Waals surface area contributed by atoms with Crippen molar-refractivity contribution >= 4 is 38.8 Å². The molecule has 0 saturated heterocycles. The van der Waals surface area contributed by atoms with E-state index < -0.39 is 0 Å². The second kappa shape index (κ2) is 6.19. The average Bonchev–Trinajstić information content (AvgIpc) is 2.82. The first-order valence-electron chi connectivity index (χ1n) is 5.49. The Bertz CT molecular complexity index is 474. The summed E-state index contributed by atoms with van der Waals surface area (Å²) in [4.78, 5) is 6.64. The Labute approximate surface area is 110 Å². The number of hydrogen-bond donors (Lipinski definition) is 0. The summed E-state index contributed by atoms with van der Waals surface area (Å²) in [6.07, 6.45) is 1.85. The van der Waals surface area contributed by atoms with Gasteiger partial charge < -0.3 is 9.64 Å². The zero-order valence-corrected chi connectivity index (χ0v) is 11.3. The summed E-state index contributed by atoms with van der Waals surface area (Å²) in [5.74, 6) is 1.59. The number of alkyl halides is 1. The SMILES string of the molecule is COCCN(CCCl)c1nccc2sccc12. The van der Waals surface area contributed by atoms with Crippen molar-refractivity contribution in [2.24, 2.45) is 0 Å². The molecule has 0 aromatic carbocycles. The number of aromatic nitrogens is 1. The van der Waals surface area contributed by atoms with Crippen molar-refractivity contribution in [3.05, 3.63) is 23.7 Å². The molecule has 0 aliphatic carbocycles. The highest BCUT2D eigenvalue weighted by Crippen LogP contribution is 2.28. The van der Waals surface area contributed by atoms with Crippen LogP contribution in [0.25, 0.3) is 10.1 Å². The summed E-state index contributed by atoms with van der Waals surface area (Å²) in [7, 11) is 1.71. The summed E-state index contributed by atoms with van der Waals surface area (Å²) in [6.45, 7) is 2.27. The van der Waals surface area contributed by atoms with Crippen molar-refractivity contribution in [1.29, 1.82) is 0 Å². The smallest absolute Gasteiger partial charge is 0.137 e. The first-order valence-corrected chi connectivity index (χ1v) is 6.90. The predicted octanol–water partition coefficient (Wildman–Crippen LogP) is 2.99. The Morgan fingerprint density at radius 3 is 3.06 bits per heavy atom. The van der Waals surface area contributed by atoms with E-state index in [0.717, 1.165) is 18.9 Å². The largest absolute Gasteiger partial charge is 0.383 e. The van der Waals surface area contributed by atoms with E-state index in [1.54, 1.807) is 18.4 Å². The molecule has 0 amide bonds. The van der Waals surface area contributed by atoms with Crippen LogP contribution in [0.3, 0.4) is 0 Å². The summed E-state index contributed by atoms with van der Waals surface area (Å²) >= 11 is 7.57. The molecule has 0 radical (unpaired) electrons. The molecule has 2 aromatic heterocycles. The fourth-order valence-corrected chi connectivity index (χ4v) is 2.74. The molecule has 5 heteroatoms. The zero-order valence-electron chi connectivity index (χ0n) is 9.73. The van der Waals surface area contributed by atoms with Gasteiger partial charge in [0.15, 0.2) is 0 Å². The molecule has 0 bridgehead atoms. The van der Waals surface area contributed by atoms with Gasteiger partial charge in [0.05, 0.1) is 6.61 Å². The molecule has 92 valence electrons. The van der Waals surface area contributed by atoms with Crippen LogP contribution >= 0.6 is 22.9 Å². The van der Waals surface area contributed by atoms with Gasteiger partial charge in [0.25, 0.3) is 0 Å². The number of nitrogens with zero attached hydrogens (tertiary/aromatic N) is 2. The molecule has 0 N–H and O–H groups in total. The van der Waals surface area contributed by atoms with E-state index in [4.69, 9.17) is 16.3 Å². The Morgan fingerprint density at radius 1 is 1.41 bits per heavy atom. The van der Waals surface area contributed by atoms with Crippen molar-refractivity contribution in [1.82, 2.24) is 4.98 Å². The molecule has 3 nitrogen and oxygen atoms in total. The van der Waals surface area contributed by atoms with E-state index in [1.807, 2.05) is 12.3 Å². The van der Waals surface area contributed by atoms with Gasteiger partial charge in [-0.25, -0.2) is 4.98 Å². The fraction of sp³-hybridized carbons (Fsp3) is 0.417. The number of thiophene rings is 1. The van der Waals surface area contributed by atoms with Crippen molar-refractivity contribution in [3.8, 4) is 0 Å². The van der Waals surface area contributed by atoms with Gasteiger partial charge in [-0.15, -0.1) is 22.9 Å². The third kappa shape index (κ3) is 2.89. The second-order valence-corrected chi connectivity index (χ2v) is 4.96. The number of ether oxygens (including phenoxy) is 1. The van der Waals surface area contributed by atoms with E-state index in [0.29, 0.717) is 12.5 Å². The minimum absolute atomic E-state index is 0.589. The average molecular weight is 271 g/mol. The number of pyridine rings is 1. The van der Waals surface area contributed by atoms with Crippen molar-refractivity contribution < 1.29 is 4.74 Å². The Hall–Kier alpha value is -0.840. The van der Waals surface area contributed by atoms with Crippen molar-refractivity contribution in [2.45, 2.75) is 0 Å². The Kier molecular flexibility index (Phi) is 4.59. The number of hydrogen-bond acceptors (Lipinski definition) is 4. The van der Waals surface area contributed by atoms with Crippen LogP contribution in [0, 0.1) is 0 Å². The summed E-state index contributed by atoms with van der Waals surface area (Å²) < 4.78 is 6.38. The molecule has 0 saturated carbocycles. The maximum Gasteiger partial charge on any atom is 0.137 e. The van der Waals surface area contributed by atoms with Crippen LogP contribution < -0.4 is 4.90 Å². The molecule has 0 atom stereocenters. The number of anilines is 1. The van der Waals surface area contributed by atoms with Crippen LogP contribution in [0.4, 0.5) is 5.82 Å². The van der Waals surface area contributed by atoms with Gasteiger partial charge in [0.1, 0.15) is 5.82 Å². The molecule has 17 heavy (non-hydrogen) atoms. The van der Waals surface area contributed by atoms with E-state index in [9.17, 15) is 0 Å². The maximum atomic E-state index is 5.84. The molecule has 0 aliphatic heterocycles. The highest BCUT2D eigenvalue weighted by atomic mass is 35.5. The Morgan fingerprint density at radius 2 is 2.29 bits per heavy atom. The van der Waals surface area contributed by atoms with Crippen molar-refractivity contribution in [2.75, 3.05) is 37.6 Å². The van der Waals surface area contributed by atoms with Gasteiger partial charge in [-0.3, -0.25) is 0 Å². The maximum absolute atomic E-state index is 5.84. The van der Waals surface area contributed by atoms with Gasteiger partial charge in [-0.05, 0) is 17.5 Å². The molecular formula is C12H15ClN2OS. The number of fused-ring (bicyclic) bond motifs is 1. The van der Waals surface area contributed by atoms with Crippen LogP contribution in [0.15, 0.2) is 23.7 Å². The molecule has 0 aliphatic rings. The minimum Gasteiger partial charge on any atom is -0.383 e. The lowest BCUT2D eigenvalue weighted by atomic mass is 10.3.